The first-order valence-electron chi connectivity index (χ1n) is 7.06. The van der Waals surface area contributed by atoms with Crippen LogP contribution < -0.4 is 19.5 Å². The number of aromatic nitrogens is 2. The van der Waals surface area contributed by atoms with Gasteiger partial charge in [0.15, 0.2) is 11.5 Å². The molecule has 1 amide bonds. The van der Waals surface area contributed by atoms with Gasteiger partial charge in [-0.05, 0) is 22.0 Å². The minimum Gasteiger partial charge on any atom is -0.493 e. The van der Waals surface area contributed by atoms with Crippen LogP contribution in [-0.4, -0.2) is 37.4 Å². The largest absolute Gasteiger partial charge is 0.493 e. The van der Waals surface area contributed by atoms with Crippen LogP contribution in [0.15, 0.2) is 10.5 Å². The summed E-state index contributed by atoms with van der Waals surface area (Å²) in [6.07, 6.45) is 0. The molecule has 0 aliphatic rings. The molecular formula is C15H18BrN3O4S. The number of nitrogens with zero attached hydrogens (tertiary/aromatic N) is 2. The summed E-state index contributed by atoms with van der Waals surface area (Å²) in [5, 5.41) is 12.1. The lowest BCUT2D eigenvalue weighted by Crippen LogP contribution is -2.13. The summed E-state index contributed by atoms with van der Waals surface area (Å²) in [7, 11) is 4.48. The second-order valence-corrected chi connectivity index (χ2v) is 6.86. The highest BCUT2D eigenvalue weighted by Crippen LogP contribution is 2.44. The molecule has 0 aliphatic heterocycles. The molecular weight excluding hydrogens is 398 g/mol. The number of ether oxygens (including phenoxy) is 3. The molecule has 24 heavy (non-hydrogen) atoms. The number of nitrogens with one attached hydrogen (secondary N) is 1. The highest BCUT2D eigenvalue weighted by molar-refractivity contribution is 9.10. The Balaban J connectivity index is 2.37. The molecule has 0 radical (unpaired) electrons. The van der Waals surface area contributed by atoms with E-state index in [0.29, 0.717) is 32.4 Å². The standard InChI is InChI=1S/C15H18BrN3O4S/c1-7(2)14-18-19-15(24-14)17-13(20)8-6-9(21-3)11(22-4)12(23-5)10(8)16/h6-7H,1-5H3,(H,17,19,20). The molecule has 130 valence electrons. The van der Waals surface area contributed by atoms with Crippen molar-refractivity contribution in [1.82, 2.24) is 10.2 Å². The number of benzene rings is 1. The maximum absolute atomic E-state index is 12.6. The molecule has 0 fully saturated rings. The summed E-state index contributed by atoms with van der Waals surface area (Å²) in [5.41, 5.74) is 0.339. The van der Waals surface area contributed by atoms with E-state index < -0.39 is 0 Å². The lowest BCUT2D eigenvalue weighted by molar-refractivity contribution is 0.102. The molecule has 9 heteroatoms. The van der Waals surface area contributed by atoms with Crippen molar-refractivity contribution in [2.45, 2.75) is 19.8 Å². The van der Waals surface area contributed by atoms with Gasteiger partial charge in [0.25, 0.3) is 5.91 Å². The number of anilines is 1. The Kier molecular flexibility index (Phi) is 6.00. The minimum absolute atomic E-state index is 0.251. The molecule has 2 rings (SSSR count). The van der Waals surface area contributed by atoms with Gasteiger partial charge in [-0.2, -0.15) is 0 Å². The van der Waals surface area contributed by atoms with Crippen molar-refractivity contribution in [2.24, 2.45) is 0 Å². The SMILES string of the molecule is COc1cc(C(=O)Nc2nnc(C(C)C)s2)c(Br)c(OC)c1OC. The van der Waals surface area contributed by atoms with Gasteiger partial charge in [0.1, 0.15) is 5.01 Å². The van der Waals surface area contributed by atoms with Crippen molar-refractivity contribution < 1.29 is 19.0 Å². The number of carbonyl (C=O) groups excluding carboxylic acids is 1. The highest BCUT2D eigenvalue weighted by atomic mass is 79.9. The van der Waals surface area contributed by atoms with Gasteiger partial charge in [0.2, 0.25) is 10.9 Å². The zero-order valence-corrected chi connectivity index (χ0v) is 16.4. The van der Waals surface area contributed by atoms with E-state index in [0.717, 1.165) is 5.01 Å². The van der Waals surface area contributed by atoms with Gasteiger partial charge in [-0.15, -0.1) is 10.2 Å². The number of carbonyl (C=O) groups is 1. The van der Waals surface area contributed by atoms with Crippen molar-refractivity contribution in [3.63, 3.8) is 0 Å². The fourth-order valence-corrected chi connectivity index (χ4v) is 3.35. The topological polar surface area (TPSA) is 82.6 Å². The Morgan fingerprint density at radius 2 is 1.83 bits per heavy atom. The molecule has 7 nitrogen and oxygen atoms in total. The van der Waals surface area contributed by atoms with Crippen molar-refractivity contribution in [3.8, 4) is 17.2 Å². The van der Waals surface area contributed by atoms with Crippen LogP contribution in [0.2, 0.25) is 0 Å². The van der Waals surface area contributed by atoms with E-state index in [2.05, 4.69) is 31.4 Å². The van der Waals surface area contributed by atoms with Crippen molar-refractivity contribution in [1.29, 1.82) is 0 Å². The summed E-state index contributed by atoms with van der Waals surface area (Å²) in [4.78, 5) is 12.6. The first kappa shape index (κ1) is 18.5. The van der Waals surface area contributed by atoms with E-state index in [1.54, 1.807) is 6.07 Å². The van der Waals surface area contributed by atoms with Gasteiger partial charge < -0.3 is 14.2 Å². The van der Waals surface area contributed by atoms with E-state index in [1.807, 2.05) is 13.8 Å². The van der Waals surface area contributed by atoms with Crippen molar-refractivity contribution in [2.75, 3.05) is 26.6 Å². The molecule has 2 aromatic rings. The third kappa shape index (κ3) is 3.62. The Labute approximate surface area is 152 Å². The maximum atomic E-state index is 12.6. The summed E-state index contributed by atoms with van der Waals surface area (Å²) < 4.78 is 16.4. The van der Waals surface area contributed by atoms with Gasteiger partial charge in [-0.3, -0.25) is 10.1 Å². The number of amides is 1. The molecule has 0 unspecified atom stereocenters. The summed E-state index contributed by atoms with van der Waals surface area (Å²) in [5.74, 6) is 1.07. The van der Waals surface area contributed by atoms with Crippen LogP contribution in [0.3, 0.4) is 0 Å². The molecule has 0 atom stereocenters. The summed E-state index contributed by atoms with van der Waals surface area (Å²) in [6, 6.07) is 1.57. The van der Waals surface area contributed by atoms with Gasteiger partial charge in [0.05, 0.1) is 31.4 Å². The Morgan fingerprint density at radius 3 is 2.33 bits per heavy atom. The van der Waals surface area contributed by atoms with Crippen LogP contribution in [-0.2, 0) is 0 Å². The van der Waals surface area contributed by atoms with Crippen LogP contribution >= 0.6 is 27.3 Å². The van der Waals surface area contributed by atoms with E-state index in [4.69, 9.17) is 14.2 Å². The fourth-order valence-electron chi connectivity index (χ4n) is 1.97. The van der Waals surface area contributed by atoms with E-state index in [-0.39, 0.29) is 11.8 Å². The normalized spacial score (nSPS) is 10.6. The molecule has 0 aliphatic carbocycles. The van der Waals surface area contributed by atoms with Crippen LogP contribution in [0.1, 0.15) is 35.1 Å². The zero-order chi connectivity index (χ0) is 17.9. The monoisotopic (exact) mass is 415 g/mol. The van der Waals surface area contributed by atoms with Gasteiger partial charge in [-0.1, -0.05) is 25.2 Å². The number of methoxy groups -OCH3 is 3. The van der Waals surface area contributed by atoms with Crippen LogP contribution in [0.4, 0.5) is 5.13 Å². The van der Waals surface area contributed by atoms with E-state index in [9.17, 15) is 4.79 Å². The van der Waals surface area contributed by atoms with Gasteiger partial charge >= 0.3 is 0 Å². The fraction of sp³-hybridized carbons (Fsp3) is 0.400. The lowest BCUT2D eigenvalue weighted by Gasteiger charge is -2.16. The zero-order valence-electron chi connectivity index (χ0n) is 14.0. The summed E-state index contributed by atoms with van der Waals surface area (Å²) in [6.45, 7) is 4.03. The van der Waals surface area contributed by atoms with E-state index in [1.165, 1.54) is 32.7 Å². The Bertz CT molecular complexity index is 749. The lowest BCUT2D eigenvalue weighted by atomic mass is 10.1. The Hall–Kier alpha value is -1.87. The molecule has 0 bridgehead atoms. The summed E-state index contributed by atoms with van der Waals surface area (Å²) >= 11 is 4.73. The third-order valence-corrected chi connectivity index (χ3v) is 5.10. The second-order valence-electron chi connectivity index (χ2n) is 5.06. The third-order valence-electron chi connectivity index (χ3n) is 3.17. The molecule has 1 heterocycles. The van der Waals surface area contributed by atoms with Crippen LogP contribution in [0.5, 0.6) is 17.2 Å². The quantitative estimate of drug-likeness (QED) is 0.773. The highest BCUT2D eigenvalue weighted by Gasteiger charge is 2.23. The number of hydrogen-bond acceptors (Lipinski definition) is 7. The van der Waals surface area contributed by atoms with Crippen molar-refractivity contribution >= 4 is 38.3 Å². The predicted octanol–water partition coefficient (Wildman–Crippen LogP) is 3.70. The van der Waals surface area contributed by atoms with Crippen LogP contribution in [0.25, 0.3) is 0 Å². The maximum Gasteiger partial charge on any atom is 0.258 e. The first-order chi connectivity index (χ1) is 11.4. The molecule has 1 N–H and O–H groups in total. The van der Waals surface area contributed by atoms with Gasteiger partial charge in [0, 0.05) is 5.92 Å². The average Bonchev–Trinajstić information content (AvgIpc) is 3.02. The smallest absolute Gasteiger partial charge is 0.258 e. The number of hydrogen-bond donors (Lipinski definition) is 1. The Morgan fingerprint density at radius 1 is 1.17 bits per heavy atom. The molecule has 0 saturated carbocycles. The number of rotatable bonds is 6. The van der Waals surface area contributed by atoms with Gasteiger partial charge in [-0.25, -0.2) is 0 Å². The first-order valence-corrected chi connectivity index (χ1v) is 8.67. The molecule has 0 saturated heterocycles. The number of halogens is 1. The molecule has 1 aromatic heterocycles. The van der Waals surface area contributed by atoms with Crippen LogP contribution in [0, 0.1) is 0 Å². The van der Waals surface area contributed by atoms with Crippen molar-refractivity contribution in [3.05, 3.63) is 21.1 Å². The molecule has 0 spiro atoms. The minimum atomic E-state index is -0.354. The second kappa shape index (κ2) is 7.80. The average molecular weight is 416 g/mol. The molecule has 1 aromatic carbocycles. The predicted molar refractivity (Wildman–Crippen MR) is 95.7 cm³/mol. The van der Waals surface area contributed by atoms with E-state index >= 15 is 0 Å².